The molecular weight excluding hydrogens is 1910 g/mol. The molecule has 13 rings (SSSR count). The summed E-state index contributed by atoms with van der Waals surface area (Å²) >= 11 is 0. The Hall–Kier alpha value is -9.74. The van der Waals surface area contributed by atoms with Crippen molar-refractivity contribution in [2.45, 2.75) is 328 Å². The maximum atomic E-state index is 12.7. The van der Waals surface area contributed by atoms with E-state index in [9.17, 15) is 82.7 Å². The molecule has 0 aliphatic carbocycles. The minimum Gasteiger partial charge on any atom is -0.444 e. The van der Waals surface area contributed by atoms with Crippen LogP contribution in [0.2, 0.25) is 0 Å². The standard InChI is InChI=1S/C16H30N2O3.C15H20F3N3O.C15H28N2O3.C13H24N2O.C12H24N2O3S.C11H15F3N4O.2C11H17N3O/c1-14(2,3)12(19)18-10-9-17(11-16(18,7)8)13(20)21-15(4,5)6;1-14(2,3)13(22)21-8-6-20(7-9-21)12-5-4-11(10-19-12)15(16,17)18;1-11-10-16(13(19)20-15(5,6)7)8-9-17(11)12(18)14(2,3)4;1-12(2,3)11(16)14-8-9-15-7-5-6-13(15,4)10-14;1-12(2,3)11(15)14-7-5-13(6-8-14)9-10-18(4,16)17;1-10(2,3)9(19)17-4-5-18-7(6-17)15-16-8(18)11(12,13)14;1-11(2,3)10(15)13-4-5-14-8-12-6-9(14)7-13;1-11(2,3)10(15)14-7-6-13-5-4-12-9(13)8-14/h9-11H2,1-8H3;4-5,10H,6-9H2,1-3H3;11H,8-10H2,1-7H3;5-10H2,1-4H3;5-10H2,1-4H3;4-6H2,1-3H3;6,8H,4-5,7H2,1-3H3;4-5H,6-8H2,1-3H3. The highest BCUT2D eigenvalue weighted by Crippen LogP contribution is 2.38. The Labute approximate surface area is 864 Å². The zero-order chi connectivity index (χ0) is 111. The Morgan fingerprint density at radius 1 is 0.418 bits per heavy atom. The van der Waals surface area contributed by atoms with E-state index in [1.807, 2.05) is 256 Å². The van der Waals surface area contributed by atoms with Gasteiger partial charge in [0.05, 0.1) is 48.5 Å². The van der Waals surface area contributed by atoms with Gasteiger partial charge in [0.25, 0.3) is 0 Å². The molecule has 2 unspecified atom stereocenters. The van der Waals surface area contributed by atoms with Crippen LogP contribution >= 0.6 is 0 Å². The van der Waals surface area contributed by atoms with E-state index in [1.54, 1.807) is 41.7 Å². The molecule has 0 aromatic carbocycles. The first kappa shape index (κ1) is 125. The number of anilines is 1. The normalized spacial score (nSPS) is 19.5. The van der Waals surface area contributed by atoms with Crippen LogP contribution < -0.4 is 4.90 Å². The van der Waals surface area contributed by atoms with Gasteiger partial charge in [-0.15, -0.1) is 10.2 Å². The van der Waals surface area contributed by atoms with Gasteiger partial charge >= 0.3 is 24.5 Å². The monoisotopic (exact) mass is 2090 g/mol. The third kappa shape index (κ3) is 37.5. The van der Waals surface area contributed by atoms with Crippen molar-refractivity contribution in [1.29, 1.82) is 0 Å². The van der Waals surface area contributed by atoms with Crippen molar-refractivity contribution in [3.63, 3.8) is 0 Å². The molecule has 42 heteroatoms. The molecule has 9 aliphatic rings. The molecule has 6 saturated heterocycles. The van der Waals surface area contributed by atoms with Gasteiger partial charge in [0.15, 0.2) is 5.82 Å². The van der Waals surface area contributed by atoms with Gasteiger partial charge in [-0.05, 0) is 101 Å². The first-order valence-electron chi connectivity index (χ1n) is 51.0. The number of ether oxygens (including phenoxy) is 2. The molecule has 146 heavy (non-hydrogen) atoms. The molecule has 4 aromatic heterocycles. The number of fused-ring (bicyclic) bond motifs is 4. The number of piperazine rings is 5. The van der Waals surface area contributed by atoms with Crippen molar-refractivity contribution in [3.05, 3.63) is 72.0 Å². The largest absolute Gasteiger partial charge is 0.451 e. The van der Waals surface area contributed by atoms with Crippen LogP contribution in [0.5, 0.6) is 0 Å². The van der Waals surface area contributed by atoms with Gasteiger partial charge in [0, 0.05) is 243 Å². The van der Waals surface area contributed by atoms with Crippen LogP contribution in [0.1, 0.15) is 277 Å². The van der Waals surface area contributed by atoms with Crippen molar-refractivity contribution in [3.8, 4) is 0 Å². The highest BCUT2D eigenvalue weighted by atomic mass is 32.2. The molecule has 35 nitrogen and oxygen atoms in total. The van der Waals surface area contributed by atoms with E-state index in [2.05, 4.69) is 55.9 Å². The summed E-state index contributed by atoms with van der Waals surface area (Å²) in [4.78, 5) is 159. The first-order valence-corrected chi connectivity index (χ1v) is 53.1. The summed E-state index contributed by atoms with van der Waals surface area (Å²) in [7, 11) is -2.90. The summed E-state index contributed by atoms with van der Waals surface area (Å²) in [5.41, 5.74) is -3.70. The number of aromatic nitrogens is 8. The first-order chi connectivity index (χ1) is 66.2. The predicted octanol–water partition coefficient (Wildman–Crippen LogP) is 14.4. The van der Waals surface area contributed by atoms with Crippen LogP contribution in [0.25, 0.3) is 0 Å². The number of imidazole rings is 2. The van der Waals surface area contributed by atoms with E-state index in [1.165, 1.54) is 36.6 Å². The van der Waals surface area contributed by atoms with E-state index in [4.69, 9.17) is 9.47 Å². The van der Waals surface area contributed by atoms with Gasteiger partial charge < -0.3 is 77.1 Å². The molecule has 0 spiro atoms. The van der Waals surface area contributed by atoms with E-state index in [0.717, 1.165) is 87.3 Å². The zero-order valence-corrected chi connectivity index (χ0v) is 95.1. The molecule has 828 valence electrons. The number of amides is 10. The molecule has 2 atom stereocenters. The smallest absolute Gasteiger partial charge is 0.444 e. The molecule has 6 fully saturated rings. The summed E-state index contributed by atoms with van der Waals surface area (Å²) in [5, 5.41) is 6.71. The molecule has 9 aliphatic heterocycles. The Morgan fingerprint density at radius 2 is 0.842 bits per heavy atom. The Morgan fingerprint density at radius 3 is 1.29 bits per heavy atom. The number of carbonyl (C=O) groups is 10. The average Bonchev–Trinajstić information content (AvgIpc) is 1.70. The van der Waals surface area contributed by atoms with Gasteiger partial charge in [-0.1, -0.05) is 166 Å². The van der Waals surface area contributed by atoms with Gasteiger partial charge in [0.1, 0.15) is 32.7 Å². The van der Waals surface area contributed by atoms with Crippen molar-refractivity contribution in [2.75, 3.05) is 161 Å². The van der Waals surface area contributed by atoms with Crippen LogP contribution in [0.4, 0.5) is 41.7 Å². The average molecular weight is 2090 g/mol. The molecule has 0 N–H and O–H groups in total. The Bertz CT molecular complexity index is 5090. The number of nitrogens with zero attached hydrogens (tertiary/aromatic N) is 21. The number of halogens is 6. The number of carbonyl (C=O) groups excluding carboxylic acids is 10. The maximum absolute atomic E-state index is 12.7. The van der Waals surface area contributed by atoms with Crippen molar-refractivity contribution in [1.82, 2.24) is 97.6 Å². The number of pyridine rings is 1. The van der Waals surface area contributed by atoms with E-state index < -0.39 is 61.0 Å². The summed E-state index contributed by atoms with van der Waals surface area (Å²) in [6.07, 6.45) is 2.56. The third-order valence-electron chi connectivity index (χ3n) is 25.6. The van der Waals surface area contributed by atoms with Crippen molar-refractivity contribution < 1.29 is 92.2 Å². The fourth-order valence-electron chi connectivity index (χ4n) is 17.6. The van der Waals surface area contributed by atoms with Gasteiger partial charge in [-0.3, -0.25) is 48.2 Å². The van der Waals surface area contributed by atoms with Gasteiger partial charge in [-0.2, -0.15) is 26.3 Å². The molecular formula is C104H175F6N21O14S. The predicted molar refractivity (Wildman–Crippen MR) is 551 cm³/mol. The van der Waals surface area contributed by atoms with E-state index in [-0.39, 0.29) is 129 Å². The number of alkyl halides is 6. The highest BCUT2D eigenvalue weighted by molar-refractivity contribution is 7.90. The Kier molecular flexibility index (Phi) is 41.5. The maximum Gasteiger partial charge on any atom is 0.451 e. The lowest BCUT2D eigenvalue weighted by Gasteiger charge is -2.48. The molecule has 0 bridgehead atoms. The molecule has 0 saturated carbocycles. The number of hydrogen-bond donors (Lipinski definition) is 0. The summed E-state index contributed by atoms with van der Waals surface area (Å²) < 4.78 is 114. The third-order valence-corrected chi connectivity index (χ3v) is 26.5. The lowest BCUT2D eigenvalue weighted by molar-refractivity contribution is -0.149. The number of sulfone groups is 1. The van der Waals surface area contributed by atoms with E-state index >= 15 is 0 Å². The molecule has 4 aromatic rings. The minimum atomic E-state index is -4.51. The van der Waals surface area contributed by atoms with Crippen LogP contribution in [-0.2, 0) is 109 Å². The molecule has 0 radical (unpaired) electrons. The van der Waals surface area contributed by atoms with Crippen LogP contribution in [0, 0.1) is 43.3 Å². The SMILES string of the molecule is CC(C)(C)C(=O)N1CCN(CCS(C)(=O)=O)CC1.CC(C)(C)C(=O)N1CCN(c2ccc(C(F)(F)F)cn2)CC1.CC(C)(C)C(=O)N1CCN2CCCC2(C)C1.CC(C)(C)C(=O)N1CCn2c(nnc2C(F)(F)F)C1.CC(C)(C)C(=O)N1CCn2ccnc2C1.CC(C)(C)C(=O)N1CCn2cncc2C1.CC(C)(C)OC(=O)N1CCN(C(=O)C(C)(C)C)C(C)(C)C1.CC1CN(C(=O)OC(C)(C)C)CCN1C(=O)C(C)(C)C. The van der Waals surface area contributed by atoms with Crippen LogP contribution in [0.15, 0.2) is 43.2 Å². The second kappa shape index (κ2) is 48.5. The quantitative estimate of drug-likeness (QED) is 0.171. The summed E-state index contributed by atoms with van der Waals surface area (Å²) in [6, 6.07) is 2.43. The zero-order valence-electron chi connectivity index (χ0n) is 94.3. The van der Waals surface area contributed by atoms with Crippen LogP contribution in [0.3, 0.4) is 0 Å². The lowest BCUT2D eigenvalue weighted by Crippen LogP contribution is -2.64. The van der Waals surface area contributed by atoms with Gasteiger partial charge in [-0.25, -0.2) is 33.0 Å². The summed E-state index contributed by atoms with van der Waals surface area (Å²) in [5.74, 6) is 2.02. The fraction of sp³-hybridized carbons (Fsp3) is 0.779. The summed E-state index contributed by atoms with van der Waals surface area (Å²) in [6.45, 7) is 83.4. The van der Waals surface area contributed by atoms with Crippen LogP contribution in [-0.4, -0.2) is 350 Å². The number of hydrogen-bond acceptors (Lipinski definition) is 22. The van der Waals surface area contributed by atoms with E-state index in [0.29, 0.717) is 110 Å². The fourth-order valence-corrected chi connectivity index (χ4v) is 18.2. The number of rotatable bonds is 4. The second-order valence-corrected chi connectivity index (χ2v) is 52.8. The topological polar surface area (TPSA) is 345 Å². The second-order valence-electron chi connectivity index (χ2n) is 50.6. The minimum absolute atomic E-state index is 0.0167. The van der Waals surface area contributed by atoms with Crippen molar-refractivity contribution >= 4 is 75.1 Å². The lowest BCUT2D eigenvalue weighted by atomic mass is 9.90. The molecule has 13 heterocycles. The van der Waals surface area contributed by atoms with Crippen molar-refractivity contribution in [2.24, 2.45) is 43.3 Å². The highest BCUT2D eigenvalue weighted by Gasteiger charge is 2.48. The van der Waals surface area contributed by atoms with Gasteiger partial charge in [0.2, 0.25) is 53.1 Å². The Balaban J connectivity index is 0.000000256. The molecule has 10 amide bonds.